The molecule has 0 spiro atoms. The van der Waals surface area contributed by atoms with Gasteiger partial charge in [0.2, 0.25) is 0 Å². The summed E-state index contributed by atoms with van der Waals surface area (Å²) in [6.07, 6.45) is 9.35. The van der Waals surface area contributed by atoms with Gasteiger partial charge in [0, 0.05) is 0 Å². The number of hydrogen-bond donors (Lipinski definition) is 0. The lowest BCUT2D eigenvalue weighted by molar-refractivity contribution is 1.86. The first-order valence-corrected chi connectivity index (χ1v) is 2.89. The molecule has 0 N–H and O–H groups in total. The summed E-state index contributed by atoms with van der Waals surface area (Å²) < 4.78 is 0. The first kappa shape index (κ1) is 8.02. The number of hydrogen-bond acceptors (Lipinski definition) is 0. The largest absolute Gasteiger partial charge is 0.139 e. The number of rotatable bonds is 3. The van der Waals surface area contributed by atoms with Crippen LogP contribution in [0, 0.1) is 0 Å². The van der Waals surface area contributed by atoms with E-state index in [1.807, 2.05) is 32.2 Å². The Morgan fingerprint density at radius 3 is 2.33 bits per heavy atom. The Hall–Kier alpha value is -0.975. The van der Waals surface area contributed by atoms with Crippen LogP contribution in [0.2, 0.25) is 0 Å². The van der Waals surface area contributed by atoms with Crippen LogP contribution in [0.4, 0.5) is 0 Å². The molecule has 0 rings (SSSR count). The van der Waals surface area contributed by atoms with Gasteiger partial charge in [0.1, 0.15) is 7.85 Å². The van der Waals surface area contributed by atoms with Gasteiger partial charge in [0.05, 0.1) is 0 Å². The summed E-state index contributed by atoms with van der Waals surface area (Å²) in [5.41, 5.74) is 1.16. The van der Waals surface area contributed by atoms with Crippen molar-refractivity contribution in [2.24, 2.45) is 0 Å². The van der Waals surface area contributed by atoms with Crippen molar-refractivity contribution in [3.63, 3.8) is 0 Å². The molecule has 0 aliphatic carbocycles. The Morgan fingerprint density at radius 1 is 1.22 bits per heavy atom. The highest BCUT2D eigenvalue weighted by molar-refractivity contribution is 6.23. The van der Waals surface area contributed by atoms with Gasteiger partial charge in [-0.15, -0.1) is 0 Å². The van der Waals surface area contributed by atoms with Crippen molar-refractivity contribution in [1.82, 2.24) is 0 Å². The molecule has 0 aromatic heterocycles. The molecule has 0 aromatic carbocycles. The zero-order chi connectivity index (χ0) is 7.11. The molecule has 0 heterocycles. The summed E-state index contributed by atoms with van der Waals surface area (Å²) in [6, 6.07) is 0. The Balaban J connectivity index is 3.81. The van der Waals surface area contributed by atoms with Gasteiger partial charge in [0.25, 0.3) is 0 Å². The second kappa shape index (κ2) is 5.17. The lowest BCUT2D eigenvalue weighted by Crippen LogP contribution is -1.69. The molecule has 9 heavy (non-hydrogen) atoms. The zero-order valence-corrected chi connectivity index (χ0v) is 5.80. The Bertz CT molecular complexity index is 152. The molecule has 0 aliphatic heterocycles. The first-order valence-electron chi connectivity index (χ1n) is 2.89. The van der Waals surface area contributed by atoms with Gasteiger partial charge >= 0.3 is 0 Å². The molecule has 0 aromatic rings. The van der Waals surface area contributed by atoms with Gasteiger partial charge in [-0.25, -0.2) is 0 Å². The summed E-state index contributed by atoms with van der Waals surface area (Å²) in [6.45, 7) is 7.15. The lowest BCUT2D eigenvalue weighted by Gasteiger charge is -1.81. The Labute approximate surface area is 57.7 Å². The van der Waals surface area contributed by atoms with Crippen LogP contribution >= 0.6 is 0 Å². The lowest BCUT2D eigenvalue weighted by atomic mass is 9.96. The van der Waals surface area contributed by atoms with Crippen LogP contribution in [0.15, 0.2) is 49.0 Å². The van der Waals surface area contributed by atoms with E-state index in [0.717, 1.165) is 5.47 Å². The second-order valence-electron chi connectivity index (χ2n) is 1.74. The highest BCUT2D eigenvalue weighted by Crippen LogP contribution is 1.87. The van der Waals surface area contributed by atoms with Crippen molar-refractivity contribution in [1.29, 1.82) is 0 Å². The fourth-order valence-corrected chi connectivity index (χ4v) is 0.354. The topological polar surface area (TPSA) is 0 Å². The van der Waals surface area contributed by atoms with Gasteiger partial charge in [-0.05, 0) is 0 Å². The fraction of sp³-hybridized carbons (Fsp3) is 0. The predicted molar refractivity (Wildman–Crippen MR) is 46.2 cm³/mol. The minimum absolute atomic E-state index is 1.16. The van der Waals surface area contributed by atoms with Crippen LogP contribution in [-0.2, 0) is 0 Å². The molecule has 0 saturated carbocycles. The fourth-order valence-electron chi connectivity index (χ4n) is 0.354. The van der Waals surface area contributed by atoms with E-state index in [0.29, 0.717) is 0 Å². The molecular formula is C8H11B. The van der Waals surface area contributed by atoms with Crippen molar-refractivity contribution < 1.29 is 0 Å². The van der Waals surface area contributed by atoms with E-state index in [2.05, 4.69) is 13.2 Å². The quantitative estimate of drug-likeness (QED) is 0.388. The standard InChI is InChI=1S/C8H11B/c1-3-5-6-7-8(9)4-2/h3-7H,1-2,9H2/b6-5-,8-7+. The SMILES string of the molecule is B/C(C=C)=C/C=C\C=C. The van der Waals surface area contributed by atoms with Gasteiger partial charge in [-0.3, -0.25) is 0 Å². The minimum atomic E-state index is 1.16. The van der Waals surface area contributed by atoms with Gasteiger partial charge in [-0.1, -0.05) is 49.0 Å². The molecule has 0 nitrogen and oxygen atoms in total. The van der Waals surface area contributed by atoms with E-state index >= 15 is 0 Å². The van der Waals surface area contributed by atoms with E-state index in [-0.39, 0.29) is 0 Å². The third-order valence-electron chi connectivity index (χ3n) is 0.928. The van der Waals surface area contributed by atoms with E-state index < -0.39 is 0 Å². The van der Waals surface area contributed by atoms with Crippen molar-refractivity contribution >= 4 is 7.85 Å². The average Bonchev–Trinajstić information content (AvgIpc) is 1.89. The number of allylic oxidation sites excluding steroid dienone is 6. The van der Waals surface area contributed by atoms with Gasteiger partial charge < -0.3 is 0 Å². The van der Waals surface area contributed by atoms with Gasteiger partial charge in [0.15, 0.2) is 0 Å². The Kier molecular flexibility index (Phi) is 4.61. The molecular weight excluding hydrogens is 107 g/mol. The molecule has 0 fully saturated rings. The third-order valence-corrected chi connectivity index (χ3v) is 0.928. The molecule has 0 saturated heterocycles. The van der Waals surface area contributed by atoms with Crippen molar-refractivity contribution in [3.05, 3.63) is 49.0 Å². The maximum absolute atomic E-state index is 3.61. The molecule has 0 bridgehead atoms. The van der Waals surface area contributed by atoms with Crippen molar-refractivity contribution in [2.45, 2.75) is 0 Å². The van der Waals surface area contributed by atoms with E-state index in [4.69, 9.17) is 0 Å². The van der Waals surface area contributed by atoms with Crippen LogP contribution in [0.3, 0.4) is 0 Å². The summed E-state index contributed by atoms with van der Waals surface area (Å²) in [4.78, 5) is 0. The van der Waals surface area contributed by atoms with E-state index in [1.54, 1.807) is 6.08 Å². The molecule has 0 unspecified atom stereocenters. The maximum atomic E-state index is 3.61. The maximum Gasteiger partial charge on any atom is 0.139 e. The first-order chi connectivity index (χ1) is 4.31. The predicted octanol–water partition coefficient (Wildman–Crippen LogP) is 1.43. The summed E-state index contributed by atoms with van der Waals surface area (Å²) in [5.74, 6) is 0. The molecule has 1 heteroatoms. The zero-order valence-electron chi connectivity index (χ0n) is 5.80. The second-order valence-corrected chi connectivity index (χ2v) is 1.74. The minimum Gasteiger partial charge on any atom is -0.0996 e. The molecule has 0 amide bonds. The molecule has 0 aliphatic rings. The van der Waals surface area contributed by atoms with Crippen LogP contribution in [0.1, 0.15) is 0 Å². The van der Waals surface area contributed by atoms with Crippen LogP contribution < -0.4 is 0 Å². The summed E-state index contributed by atoms with van der Waals surface area (Å²) in [5, 5.41) is 0. The third kappa shape index (κ3) is 4.89. The van der Waals surface area contributed by atoms with Gasteiger partial charge in [-0.2, -0.15) is 0 Å². The van der Waals surface area contributed by atoms with Crippen molar-refractivity contribution in [3.8, 4) is 0 Å². The summed E-state index contributed by atoms with van der Waals surface area (Å²) in [7, 11) is 2.00. The van der Waals surface area contributed by atoms with Crippen LogP contribution in [-0.4, -0.2) is 7.85 Å². The molecule has 0 radical (unpaired) electrons. The average molecular weight is 118 g/mol. The van der Waals surface area contributed by atoms with Crippen LogP contribution in [0.25, 0.3) is 0 Å². The smallest absolute Gasteiger partial charge is 0.0996 e. The molecule has 0 atom stereocenters. The Morgan fingerprint density at radius 2 is 1.89 bits per heavy atom. The molecule has 46 valence electrons. The van der Waals surface area contributed by atoms with E-state index in [9.17, 15) is 0 Å². The highest BCUT2D eigenvalue weighted by atomic mass is 13.7. The highest BCUT2D eigenvalue weighted by Gasteiger charge is 1.71. The normalized spacial score (nSPS) is 11.8. The van der Waals surface area contributed by atoms with E-state index in [1.165, 1.54) is 0 Å². The monoisotopic (exact) mass is 118 g/mol. The van der Waals surface area contributed by atoms with Crippen LogP contribution in [0.5, 0.6) is 0 Å². The van der Waals surface area contributed by atoms with Crippen molar-refractivity contribution in [2.75, 3.05) is 0 Å². The summed E-state index contributed by atoms with van der Waals surface area (Å²) >= 11 is 0.